The zero-order valence-electron chi connectivity index (χ0n) is 20.7. The van der Waals surface area contributed by atoms with Crippen molar-refractivity contribution in [3.05, 3.63) is 79.2 Å². The largest absolute Gasteiger partial charge is 0.356 e. The number of aromatic nitrogens is 6. The molecule has 3 atom stereocenters. The van der Waals surface area contributed by atoms with Crippen LogP contribution >= 0.6 is 0 Å². The van der Waals surface area contributed by atoms with Gasteiger partial charge in [-0.05, 0) is 43.0 Å². The van der Waals surface area contributed by atoms with Crippen molar-refractivity contribution < 1.29 is 13.9 Å². The molecule has 0 spiro atoms. The zero-order chi connectivity index (χ0) is 25.6. The number of hydrogen-bond acceptors (Lipinski definition) is 6. The van der Waals surface area contributed by atoms with E-state index in [2.05, 4.69) is 45.4 Å². The van der Waals surface area contributed by atoms with Crippen molar-refractivity contribution in [2.75, 3.05) is 13.2 Å². The minimum atomic E-state index is -0.482. The van der Waals surface area contributed by atoms with Gasteiger partial charge in [-0.15, -0.1) is 0 Å². The predicted octanol–water partition coefficient (Wildman–Crippen LogP) is 3.95. The second-order valence-corrected chi connectivity index (χ2v) is 9.23. The standard InChI is InChI=1S/C27H30FN7O2/c1-20-5-4-6-23(35-30-12-13-31-35)17-21(8-7-20)27(36)34-14-2-3-16-37-26(34)19-33-15-11-25(32-33)24-10-9-22(28)18-29-24/h4-5,7-13,15,17-18,20-21,26H,2-3,6,14,16,19H2,1H3/b5-4-,8-7-,23-17-. The van der Waals surface area contributed by atoms with Crippen molar-refractivity contribution in [3.63, 3.8) is 0 Å². The lowest BCUT2D eigenvalue weighted by atomic mass is 10.0. The van der Waals surface area contributed by atoms with Crippen LogP contribution in [-0.4, -0.2) is 59.9 Å². The first kappa shape index (κ1) is 24.8. The van der Waals surface area contributed by atoms with Gasteiger partial charge < -0.3 is 9.64 Å². The molecule has 3 aromatic heterocycles. The summed E-state index contributed by atoms with van der Waals surface area (Å²) in [4.78, 5) is 21.5. The highest BCUT2D eigenvalue weighted by molar-refractivity contribution is 5.84. The third kappa shape index (κ3) is 6.08. The first-order valence-corrected chi connectivity index (χ1v) is 12.6. The van der Waals surface area contributed by atoms with E-state index in [-0.39, 0.29) is 11.8 Å². The van der Waals surface area contributed by atoms with E-state index in [1.54, 1.807) is 27.9 Å². The van der Waals surface area contributed by atoms with Crippen molar-refractivity contribution in [1.82, 2.24) is 34.7 Å². The van der Waals surface area contributed by atoms with E-state index in [4.69, 9.17) is 4.74 Å². The molecule has 9 nitrogen and oxygen atoms in total. The summed E-state index contributed by atoms with van der Waals surface area (Å²) in [7, 11) is 0. The number of ether oxygens (including phenoxy) is 1. The molecule has 4 heterocycles. The SMILES string of the molecule is CC1/C=C\C/C(n2nccn2)=C/C(C(=O)N2CCCCOC2Cn2ccc(-c3ccc(F)cn3)n2)/C=C\1. The second kappa shape index (κ2) is 11.4. The normalized spacial score (nSPS) is 25.7. The summed E-state index contributed by atoms with van der Waals surface area (Å²) in [5.74, 6) is -0.708. The fraction of sp³-hybridized carbons (Fsp3) is 0.370. The zero-order valence-corrected chi connectivity index (χ0v) is 20.7. The molecule has 0 aromatic carbocycles. The van der Waals surface area contributed by atoms with Crippen molar-refractivity contribution in [1.29, 1.82) is 0 Å². The van der Waals surface area contributed by atoms with Gasteiger partial charge in [-0.25, -0.2) is 4.39 Å². The molecule has 3 unspecified atom stereocenters. The molecule has 192 valence electrons. The predicted molar refractivity (Wildman–Crippen MR) is 136 cm³/mol. The van der Waals surface area contributed by atoms with Crippen LogP contribution in [0.5, 0.6) is 0 Å². The maximum absolute atomic E-state index is 14.0. The Morgan fingerprint density at radius 3 is 2.78 bits per heavy atom. The molecule has 2 aliphatic rings. The van der Waals surface area contributed by atoms with Crippen LogP contribution in [0.15, 0.2) is 73.4 Å². The van der Waals surface area contributed by atoms with Gasteiger partial charge >= 0.3 is 0 Å². The van der Waals surface area contributed by atoms with Gasteiger partial charge in [0.1, 0.15) is 11.5 Å². The molecule has 3 aromatic rings. The Morgan fingerprint density at radius 2 is 1.97 bits per heavy atom. The van der Waals surface area contributed by atoms with E-state index >= 15 is 0 Å². The van der Waals surface area contributed by atoms with Crippen LogP contribution in [-0.2, 0) is 16.1 Å². The number of carbonyl (C=O) groups is 1. The van der Waals surface area contributed by atoms with Crippen molar-refractivity contribution in [2.45, 2.75) is 39.0 Å². The average molecular weight is 504 g/mol. The molecular formula is C27H30FN7O2. The van der Waals surface area contributed by atoms with E-state index in [0.717, 1.165) is 18.5 Å². The van der Waals surface area contributed by atoms with E-state index in [9.17, 15) is 9.18 Å². The second-order valence-electron chi connectivity index (χ2n) is 9.23. The maximum Gasteiger partial charge on any atom is 0.235 e. The highest BCUT2D eigenvalue weighted by atomic mass is 19.1. The molecule has 0 saturated carbocycles. The molecule has 0 bridgehead atoms. The third-order valence-electron chi connectivity index (χ3n) is 6.43. The number of rotatable bonds is 5. The van der Waals surface area contributed by atoms with Gasteiger partial charge in [-0.2, -0.15) is 20.1 Å². The number of amides is 1. The molecule has 0 radical (unpaired) electrons. The number of hydrogen-bond donors (Lipinski definition) is 0. The van der Waals surface area contributed by atoms with Crippen molar-refractivity contribution in [2.24, 2.45) is 11.8 Å². The molecule has 0 N–H and O–H groups in total. The maximum atomic E-state index is 14.0. The van der Waals surface area contributed by atoms with Crippen molar-refractivity contribution >= 4 is 11.6 Å². The van der Waals surface area contributed by atoms with E-state index in [0.29, 0.717) is 37.5 Å². The smallest absolute Gasteiger partial charge is 0.235 e. The van der Waals surface area contributed by atoms with Gasteiger partial charge in [0, 0.05) is 25.8 Å². The summed E-state index contributed by atoms with van der Waals surface area (Å²) in [6, 6.07) is 4.78. The molecule has 10 heteroatoms. The Morgan fingerprint density at radius 1 is 1.11 bits per heavy atom. The number of allylic oxidation sites excluding steroid dienone is 4. The third-order valence-corrected chi connectivity index (χ3v) is 6.43. The van der Waals surface area contributed by atoms with E-state index in [1.165, 1.54) is 12.3 Å². The van der Waals surface area contributed by atoms with Gasteiger partial charge in [-0.3, -0.25) is 14.5 Å². The number of pyridine rings is 1. The highest BCUT2D eigenvalue weighted by Gasteiger charge is 2.31. The lowest BCUT2D eigenvalue weighted by molar-refractivity contribution is -0.147. The average Bonchev–Trinajstić information content (AvgIpc) is 3.56. The fourth-order valence-electron chi connectivity index (χ4n) is 4.48. The summed E-state index contributed by atoms with van der Waals surface area (Å²) >= 11 is 0. The van der Waals surface area contributed by atoms with Crippen LogP contribution in [0.3, 0.4) is 0 Å². The van der Waals surface area contributed by atoms with Crippen LogP contribution in [0.25, 0.3) is 17.1 Å². The number of carbonyl (C=O) groups excluding carboxylic acids is 1. The monoisotopic (exact) mass is 503 g/mol. The topological polar surface area (TPSA) is 91.0 Å². The summed E-state index contributed by atoms with van der Waals surface area (Å²) < 4.78 is 21.2. The summed E-state index contributed by atoms with van der Waals surface area (Å²) in [5.41, 5.74) is 2.05. The Balaban J connectivity index is 1.39. The van der Waals surface area contributed by atoms with Gasteiger partial charge in [0.15, 0.2) is 6.23 Å². The molecular weight excluding hydrogens is 473 g/mol. The quantitative estimate of drug-likeness (QED) is 0.490. The summed E-state index contributed by atoms with van der Waals surface area (Å²) in [5, 5.41) is 13.2. The lowest BCUT2D eigenvalue weighted by Crippen LogP contribution is -2.46. The highest BCUT2D eigenvalue weighted by Crippen LogP contribution is 2.23. The van der Waals surface area contributed by atoms with Crippen LogP contribution in [0.2, 0.25) is 0 Å². The van der Waals surface area contributed by atoms with Gasteiger partial charge in [0.2, 0.25) is 5.91 Å². The first-order chi connectivity index (χ1) is 18.1. The van der Waals surface area contributed by atoms with Crippen LogP contribution in [0.4, 0.5) is 4.39 Å². The minimum Gasteiger partial charge on any atom is -0.356 e. The first-order valence-electron chi connectivity index (χ1n) is 12.6. The van der Waals surface area contributed by atoms with Crippen LogP contribution in [0, 0.1) is 17.7 Å². The molecule has 1 fully saturated rings. The summed E-state index contributed by atoms with van der Waals surface area (Å²) in [6.45, 7) is 3.63. The van der Waals surface area contributed by atoms with E-state index < -0.39 is 18.0 Å². The molecule has 1 saturated heterocycles. The molecule has 1 aliphatic heterocycles. The van der Waals surface area contributed by atoms with E-state index in [1.807, 2.05) is 29.3 Å². The number of halogens is 1. The van der Waals surface area contributed by atoms with Gasteiger partial charge in [0.05, 0.1) is 42.4 Å². The number of nitrogens with zero attached hydrogens (tertiary/aromatic N) is 7. The lowest BCUT2D eigenvalue weighted by Gasteiger charge is -2.31. The molecule has 5 rings (SSSR count). The molecule has 1 amide bonds. The van der Waals surface area contributed by atoms with Gasteiger partial charge in [-0.1, -0.05) is 31.2 Å². The Kier molecular flexibility index (Phi) is 7.65. The van der Waals surface area contributed by atoms with Crippen LogP contribution < -0.4 is 0 Å². The van der Waals surface area contributed by atoms with Crippen LogP contribution in [0.1, 0.15) is 26.2 Å². The minimum absolute atomic E-state index is 0.0329. The van der Waals surface area contributed by atoms with Crippen molar-refractivity contribution in [3.8, 4) is 11.4 Å². The summed E-state index contributed by atoms with van der Waals surface area (Å²) in [6.07, 6.45) is 18.3. The fourth-order valence-corrected chi connectivity index (χ4v) is 4.48. The Hall–Kier alpha value is -3.92. The van der Waals surface area contributed by atoms with Gasteiger partial charge in [0.25, 0.3) is 0 Å². The molecule has 1 aliphatic carbocycles. The molecule has 37 heavy (non-hydrogen) atoms. The Labute approximate surface area is 214 Å². The Bertz CT molecular complexity index is 1280.